The molecule has 0 bridgehead atoms. The van der Waals surface area contributed by atoms with Crippen molar-refractivity contribution in [3.8, 4) is 28.3 Å². The van der Waals surface area contributed by atoms with E-state index in [1.807, 2.05) is 68.6 Å². The fraction of sp³-hybridized carbons (Fsp3) is 0.143. The van der Waals surface area contributed by atoms with Crippen molar-refractivity contribution in [1.82, 2.24) is 24.8 Å². The molecule has 2 aromatic heterocycles. The third kappa shape index (κ3) is 5.49. The second kappa shape index (κ2) is 11.2. The Morgan fingerprint density at radius 1 is 0.974 bits per heavy atom. The molecule has 3 aromatic carbocycles. The number of amides is 1. The van der Waals surface area contributed by atoms with E-state index in [1.54, 1.807) is 33.5 Å². The van der Waals surface area contributed by atoms with Crippen molar-refractivity contribution in [2.24, 2.45) is 0 Å². The van der Waals surface area contributed by atoms with E-state index < -0.39 is 0 Å². The number of hydrogen-bond donors (Lipinski definition) is 0. The fourth-order valence-electron chi connectivity index (χ4n) is 3.84. The Labute approximate surface area is 228 Å². The van der Waals surface area contributed by atoms with Crippen LogP contribution >= 0.6 is 23.4 Å². The van der Waals surface area contributed by atoms with Crippen molar-refractivity contribution in [2.45, 2.75) is 23.6 Å². The molecule has 0 aliphatic heterocycles. The van der Waals surface area contributed by atoms with Gasteiger partial charge in [-0.3, -0.25) is 4.79 Å². The van der Waals surface area contributed by atoms with Crippen LogP contribution in [0.1, 0.15) is 24.5 Å². The molecule has 10 heteroatoms. The van der Waals surface area contributed by atoms with Crippen LogP contribution in [0.2, 0.25) is 5.02 Å². The lowest BCUT2D eigenvalue weighted by Crippen LogP contribution is -2.30. The lowest BCUT2D eigenvalue weighted by atomic mass is 10.1. The Morgan fingerprint density at radius 3 is 2.29 bits per heavy atom. The Hall–Kier alpha value is -3.95. The molecule has 0 atom stereocenters. The smallest absolute Gasteiger partial charge is 0.316 e. The standard InChI is InChI=1S/C28H23ClFN5O2S/c1-3-34(4-2)28(36)27-31-26(33-37-27)19-7-5-18(6-8-19)25-24(38-23-15-9-20(29)10-16-23)17-35(32-25)22-13-11-21(30)12-14-22/h5-17H,3-4H2,1-2H3. The number of halogens is 2. The highest BCUT2D eigenvalue weighted by Gasteiger charge is 2.21. The zero-order valence-electron chi connectivity index (χ0n) is 20.6. The lowest BCUT2D eigenvalue weighted by Gasteiger charge is -2.15. The van der Waals surface area contributed by atoms with Crippen molar-refractivity contribution in [3.05, 3.63) is 95.7 Å². The van der Waals surface area contributed by atoms with Gasteiger partial charge >= 0.3 is 11.8 Å². The van der Waals surface area contributed by atoms with Crippen molar-refractivity contribution >= 4 is 29.3 Å². The molecule has 0 aliphatic rings. The minimum Gasteiger partial charge on any atom is -0.335 e. The van der Waals surface area contributed by atoms with Crippen molar-refractivity contribution in [1.29, 1.82) is 0 Å². The second-order valence-corrected chi connectivity index (χ2v) is 9.85. The van der Waals surface area contributed by atoms with Gasteiger partial charge in [0.05, 0.1) is 10.6 Å². The first kappa shape index (κ1) is 25.7. The molecule has 1 amide bonds. The highest BCUT2D eigenvalue weighted by atomic mass is 35.5. The van der Waals surface area contributed by atoms with Gasteiger partial charge in [-0.05, 0) is 62.4 Å². The lowest BCUT2D eigenvalue weighted by molar-refractivity contribution is 0.0723. The van der Waals surface area contributed by atoms with Gasteiger partial charge in [0.1, 0.15) is 11.5 Å². The molecule has 38 heavy (non-hydrogen) atoms. The van der Waals surface area contributed by atoms with Gasteiger partial charge in [-0.25, -0.2) is 9.07 Å². The van der Waals surface area contributed by atoms with Crippen LogP contribution in [0, 0.1) is 5.82 Å². The zero-order valence-corrected chi connectivity index (χ0v) is 22.2. The first-order valence-electron chi connectivity index (χ1n) is 12.0. The number of benzene rings is 3. The van der Waals surface area contributed by atoms with Crippen LogP contribution in [-0.4, -0.2) is 43.8 Å². The van der Waals surface area contributed by atoms with Crippen molar-refractivity contribution < 1.29 is 13.7 Å². The molecule has 0 radical (unpaired) electrons. The van der Waals surface area contributed by atoms with E-state index in [1.165, 1.54) is 12.1 Å². The fourth-order valence-corrected chi connectivity index (χ4v) is 4.90. The highest BCUT2D eigenvalue weighted by molar-refractivity contribution is 7.99. The van der Waals surface area contributed by atoms with Gasteiger partial charge in [0.2, 0.25) is 5.82 Å². The van der Waals surface area contributed by atoms with E-state index in [9.17, 15) is 9.18 Å². The van der Waals surface area contributed by atoms with Crippen LogP contribution in [0.25, 0.3) is 28.3 Å². The number of carbonyl (C=O) groups excluding carboxylic acids is 1. The summed E-state index contributed by atoms with van der Waals surface area (Å²) in [4.78, 5) is 20.4. The van der Waals surface area contributed by atoms with Gasteiger partial charge in [-0.1, -0.05) is 52.8 Å². The van der Waals surface area contributed by atoms with Crippen LogP contribution in [0.5, 0.6) is 0 Å². The van der Waals surface area contributed by atoms with Crippen LogP contribution in [0.4, 0.5) is 4.39 Å². The van der Waals surface area contributed by atoms with E-state index in [-0.39, 0.29) is 17.6 Å². The average Bonchev–Trinajstić information content (AvgIpc) is 3.59. The number of aromatic nitrogens is 4. The van der Waals surface area contributed by atoms with E-state index in [2.05, 4.69) is 10.1 Å². The highest BCUT2D eigenvalue weighted by Crippen LogP contribution is 2.37. The third-order valence-electron chi connectivity index (χ3n) is 5.89. The predicted molar refractivity (Wildman–Crippen MR) is 145 cm³/mol. The number of rotatable bonds is 8. The van der Waals surface area contributed by atoms with E-state index in [4.69, 9.17) is 21.2 Å². The van der Waals surface area contributed by atoms with Crippen molar-refractivity contribution in [3.63, 3.8) is 0 Å². The molecule has 5 rings (SSSR count). The summed E-state index contributed by atoms with van der Waals surface area (Å²) in [5, 5.41) is 9.47. The monoisotopic (exact) mass is 547 g/mol. The number of nitrogens with zero attached hydrogens (tertiary/aromatic N) is 5. The Bertz CT molecular complexity index is 1550. The predicted octanol–water partition coefficient (Wildman–Crippen LogP) is 7.02. The number of carbonyl (C=O) groups is 1. The summed E-state index contributed by atoms with van der Waals surface area (Å²) >= 11 is 7.61. The minimum absolute atomic E-state index is 0.0348. The van der Waals surface area contributed by atoms with Crippen LogP contribution in [-0.2, 0) is 0 Å². The summed E-state index contributed by atoms with van der Waals surface area (Å²) in [5.41, 5.74) is 3.07. The summed E-state index contributed by atoms with van der Waals surface area (Å²) in [6.45, 7) is 4.91. The second-order valence-electron chi connectivity index (χ2n) is 8.30. The van der Waals surface area contributed by atoms with E-state index in [0.29, 0.717) is 29.5 Å². The zero-order chi connectivity index (χ0) is 26.6. The maximum Gasteiger partial charge on any atom is 0.316 e. The summed E-state index contributed by atoms with van der Waals surface area (Å²) in [6.07, 6.45) is 1.92. The first-order valence-corrected chi connectivity index (χ1v) is 13.2. The molecule has 192 valence electrons. The summed E-state index contributed by atoms with van der Waals surface area (Å²) in [5.74, 6) is -0.302. The number of hydrogen-bond acceptors (Lipinski definition) is 6. The molecule has 7 nitrogen and oxygen atoms in total. The van der Waals surface area contributed by atoms with Gasteiger partial charge in [0.15, 0.2) is 0 Å². The van der Waals surface area contributed by atoms with Crippen LogP contribution in [0.3, 0.4) is 0 Å². The Kier molecular flexibility index (Phi) is 7.57. The molecule has 5 aromatic rings. The molecule has 0 N–H and O–H groups in total. The maximum atomic E-state index is 13.5. The van der Waals surface area contributed by atoms with E-state index in [0.717, 1.165) is 26.7 Å². The average molecular weight is 548 g/mol. The van der Waals surface area contributed by atoms with Gasteiger partial charge in [0, 0.05) is 40.3 Å². The Morgan fingerprint density at radius 2 is 1.63 bits per heavy atom. The van der Waals surface area contributed by atoms with Gasteiger partial charge < -0.3 is 9.42 Å². The molecular weight excluding hydrogens is 525 g/mol. The van der Waals surface area contributed by atoms with Gasteiger partial charge in [0.25, 0.3) is 0 Å². The maximum absolute atomic E-state index is 13.5. The van der Waals surface area contributed by atoms with Gasteiger partial charge in [-0.2, -0.15) is 10.1 Å². The summed E-state index contributed by atoms with van der Waals surface area (Å²) < 4.78 is 20.4. The largest absolute Gasteiger partial charge is 0.335 e. The molecule has 0 fully saturated rings. The third-order valence-corrected chi connectivity index (χ3v) is 7.17. The summed E-state index contributed by atoms with van der Waals surface area (Å²) in [7, 11) is 0. The topological polar surface area (TPSA) is 77.1 Å². The molecule has 0 saturated carbocycles. The molecule has 0 saturated heterocycles. The minimum atomic E-state index is -0.309. The first-order chi connectivity index (χ1) is 18.4. The quantitative estimate of drug-likeness (QED) is 0.208. The molecular formula is C28H23ClFN5O2S. The molecule has 0 spiro atoms. The molecule has 0 aliphatic carbocycles. The molecule has 2 heterocycles. The molecule has 0 unspecified atom stereocenters. The Balaban J connectivity index is 1.46. The normalized spacial score (nSPS) is 11.1. The van der Waals surface area contributed by atoms with Crippen LogP contribution in [0.15, 0.2) is 93.3 Å². The van der Waals surface area contributed by atoms with Crippen LogP contribution < -0.4 is 0 Å². The van der Waals surface area contributed by atoms with Crippen molar-refractivity contribution in [2.75, 3.05) is 13.1 Å². The van der Waals surface area contributed by atoms with Gasteiger partial charge in [-0.15, -0.1) is 0 Å². The SMILES string of the molecule is CCN(CC)C(=O)c1nc(-c2ccc(-c3nn(-c4ccc(F)cc4)cc3Sc3ccc(Cl)cc3)cc2)no1. The van der Waals surface area contributed by atoms with E-state index >= 15 is 0 Å². The summed E-state index contributed by atoms with van der Waals surface area (Å²) in [6, 6.07) is 21.3.